The molecule has 0 radical (unpaired) electrons. The van der Waals surface area contributed by atoms with Gasteiger partial charge in [0.25, 0.3) is 0 Å². The smallest absolute Gasteiger partial charge is 0.421 e. The first-order valence-corrected chi connectivity index (χ1v) is 8.61. The molecule has 3 rings (SSSR count). The molecular weight excluding hydrogens is 369 g/mol. The molecule has 0 amide bonds. The third-order valence-corrected chi connectivity index (χ3v) is 3.96. The van der Waals surface area contributed by atoms with E-state index in [2.05, 4.69) is 15.3 Å². The molecule has 5 nitrogen and oxygen atoms in total. The van der Waals surface area contributed by atoms with Crippen molar-refractivity contribution in [2.45, 2.75) is 13.1 Å². The van der Waals surface area contributed by atoms with Gasteiger partial charge in [0, 0.05) is 24.6 Å². The molecule has 1 aromatic heterocycles. The Balaban J connectivity index is 1.93. The van der Waals surface area contributed by atoms with Crippen LogP contribution in [0.2, 0.25) is 0 Å². The zero-order chi connectivity index (χ0) is 20.1. The fourth-order valence-electron chi connectivity index (χ4n) is 2.59. The molecule has 8 heteroatoms. The minimum Gasteiger partial charge on any atom is -0.494 e. The summed E-state index contributed by atoms with van der Waals surface area (Å²) in [5.41, 5.74) is 0.311. The summed E-state index contributed by atoms with van der Waals surface area (Å²) in [4.78, 5) is 9.34. The molecular formula is C20H19F3N4O. The van der Waals surface area contributed by atoms with Crippen LogP contribution in [0, 0.1) is 0 Å². The third-order valence-electron chi connectivity index (χ3n) is 3.96. The summed E-state index contributed by atoms with van der Waals surface area (Å²) in [6.07, 6.45) is -3.78. The second-order valence-electron chi connectivity index (χ2n) is 5.91. The molecule has 0 saturated heterocycles. The van der Waals surface area contributed by atoms with Gasteiger partial charge in [-0.15, -0.1) is 0 Å². The summed E-state index contributed by atoms with van der Waals surface area (Å²) in [6, 6.07) is 15.7. The Morgan fingerprint density at radius 1 is 1.04 bits per heavy atom. The maximum absolute atomic E-state index is 13.5. The lowest BCUT2D eigenvalue weighted by molar-refractivity contribution is -0.137. The Morgan fingerprint density at radius 2 is 1.71 bits per heavy atom. The third kappa shape index (κ3) is 4.51. The van der Waals surface area contributed by atoms with Gasteiger partial charge in [0.1, 0.15) is 11.3 Å². The van der Waals surface area contributed by atoms with E-state index in [1.165, 1.54) is 11.9 Å². The SMILES string of the molecule is CCOc1ccc(Nc2ncc(C(F)(F)F)c(N(C)c3ccccc3)n2)cc1. The highest BCUT2D eigenvalue weighted by molar-refractivity contribution is 5.65. The van der Waals surface area contributed by atoms with Crippen LogP contribution in [0.25, 0.3) is 0 Å². The zero-order valence-electron chi connectivity index (χ0n) is 15.4. The fraction of sp³-hybridized carbons (Fsp3) is 0.200. The normalized spacial score (nSPS) is 11.2. The monoisotopic (exact) mass is 388 g/mol. The standard InChI is InChI=1S/C20H19F3N4O/c1-3-28-16-11-9-14(10-12-16)25-19-24-13-17(20(21,22)23)18(26-19)27(2)15-7-5-4-6-8-15/h4-13H,3H2,1-2H3,(H,24,25,26). The van der Waals surface area contributed by atoms with Gasteiger partial charge in [-0.05, 0) is 43.3 Å². The molecule has 1 N–H and O–H groups in total. The van der Waals surface area contributed by atoms with Gasteiger partial charge in [0.15, 0.2) is 5.82 Å². The molecule has 28 heavy (non-hydrogen) atoms. The number of benzene rings is 2. The molecule has 0 aliphatic rings. The highest BCUT2D eigenvalue weighted by Crippen LogP contribution is 2.37. The summed E-state index contributed by atoms with van der Waals surface area (Å²) >= 11 is 0. The summed E-state index contributed by atoms with van der Waals surface area (Å²) in [5.74, 6) is 0.531. The van der Waals surface area contributed by atoms with Gasteiger partial charge in [-0.2, -0.15) is 18.2 Å². The average Bonchev–Trinajstić information content (AvgIpc) is 2.69. The number of para-hydroxylation sites is 1. The number of alkyl halides is 3. The van der Waals surface area contributed by atoms with Crippen molar-refractivity contribution in [2.75, 3.05) is 23.9 Å². The van der Waals surface area contributed by atoms with E-state index in [9.17, 15) is 13.2 Å². The van der Waals surface area contributed by atoms with Gasteiger partial charge < -0.3 is 15.0 Å². The maximum Gasteiger partial charge on any atom is 0.421 e. The lowest BCUT2D eigenvalue weighted by Crippen LogP contribution is -2.19. The Kier molecular flexibility index (Phi) is 5.67. The minimum absolute atomic E-state index is 0.0648. The van der Waals surface area contributed by atoms with Gasteiger partial charge in [-0.1, -0.05) is 18.2 Å². The Bertz CT molecular complexity index is 915. The topological polar surface area (TPSA) is 50.3 Å². The van der Waals surface area contributed by atoms with E-state index in [1.807, 2.05) is 6.92 Å². The fourth-order valence-corrected chi connectivity index (χ4v) is 2.59. The van der Waals surface area contributed by atoms with E-state index in [1.54, 1.807) is 54.6 Å². The predicted molar refractivity (Wildman–Crippen MR) is 102 cm³/mol. The second-order valence-corrected chi connectivity index (χ2v) is 5.91. The molecule has 0 aliphatic carbocycles. The van der Waals surface area contributed by atoms with Crippen molar-refractivity contribution in [3.63, 3.8) is 0 Å². The van der Waals surface area contributed by atoms with Crippen LogP contribution in [0.5, 0.6) is 5.75 Å². The van der Waals surface area contributed by atoms with Crippen molar-refractivity contribution in [3.8, 4) is 5.75 Å². The van der Waals surface area contributed by atoms with Gasteiger partial charge in [0.2, 0.25) is 5.95 Å². The number of rotatable bonds is 6. The Morgan fingerprint density at radius 3 is 2.32 bits per heavy atom. The summed E-state index contributed by atoms with van der Waals surface area (Å²) in [6.45, 7) is 2.43. The number of anilines is 4. The zero-order valence-corrected chi connectivity index (χ0v) is 15.4. The predicted octanol–water partition coefficient (Wildman–Crippen LogP) is 5.41. The maximum atomic E-state index is 13.5. The summed E-state index contributed by atoms with van der Waals surface area (Å²) in [5, 5.41) is 2.93. The van der Waals surface area contributed by atoms with Crippen LogP contribution in [0.3, 0.4) is 0 Å². The molecule has 2 aromatic carbocycles. The number of ether oxygens (including phenoxy) is 1. The van der Waals surface area contributed by atoms with Crippen molar-refractivity contribution in [1.82, 2.24) is 9.97 Å². The second kappa shape index (κ2) is 8.16. The summed E-state index contributed by atoms with van der Waals surface area (Å²) < 4.78 is 45.8. The van der Waals surface area contributed by atoms with E-state index in [0.717, 1.165) is 6.20 Å². The lowest BCUT2D eigenvalue weighted by atomic mass is 10.2. The van der Waals surface area contributed by atoms with Crippen molar-refractivity contribution in [2.24, 2.45) is 0 Å². The molecule has 146 valence electrons. The molecule has 0 unspecified atom stereocenters. The van der Waals surface area contributed by atoms with Gasteiger partial charge in [0.05, 0.1) is 6.61 Å². The first kappa shape index (κ1) is 19.5. The molecule has 0 spiro atoms. The molecule has 3 aromatic rings. The van der Waals surface area contributed by atoms with Crippen molar-refractivity contribution in [3.05, 3.63) is 66.4 Å². The molecule has 0 saturated carbocycles. The quantitative estimate of drug-likeness (QED) is 0.612. The Labute approximate surface area is 160 Å². The number of nitrogens with zero attached hydrogens (tertiary/aromatic N) is 3. The number of aromatic nitrogens is 2. The van der Waals surface area contributed by atoms with Crippen LogP contribution in [0.15, 0.2) is 60.8 Å². The molecule has 0 fully saturated rings. The van der Waals surface area contributed by atoms with Crippen molar-refractivity contribution < 1.29 is 17.9 Å². The molecule has 0 bridgehead atoms. The highest BCUT2D eigenvalue weighted by atomic mass is 19.4. The van der Waals surface area contributed by atoms with Crippen LogP contribution in [-0.4, -0.2) is 23.6 Å². The van der Waals surface area contributed by atoms with Crippen molar-refractivity contribution in [1.29, 1.82) is 0 Å². The lowest BCUT2D eigenvalue weighted by Gasteiger charge is -2.22. The van der Waals surface area contributed by atoms with Crippen LogP contribution in [0.1, 0.15) is 12.5 Å². The molecule has 1 heterocycles. The molecule has 0 aliphatic heterocycles. The van der Waals surface area contributed by atoms with Crippen molar-refractivity contribution >= 4 is 23.1 Å². The number of nitrogens with one attached hydrogen (secondary N) is 1. The van der Waals surface area contributed by atoms with E-state index in [-0.39, 0.29) is 11.8 Å². The average molecular weight is 388 g/mol. The van der Waals surface area contributed by atoms with E-state index in [0.29, 0.717) is 23.7 Å². The van der Waals surface area contributed by atoms with Gasteiger partial charge in [-0.3, -0.25) is 0 Å². The van der Waals surface area contributed by atoms with Crippen LogP contribution in [-0.2, 0) is 6.18 Å². The van der Waals surface area contributed by atoms with Gasteiger partial charge in [-0.25, -0.2) is 4.98 Å². The summed E-state index contributed by atoms with van der Waals surface area (Å²) in [7, 11) is 1.54. The Hall–Kier alpha value is -3.29. The largest absolute Gasteiger partial charge is 0.494 e. The van der Waals surface area contributed by atoms with E-state index in [4.69, 9.17) is 4.74 Å². The minimum atomic E-state index is -4.57. The van der Waals surface area contributed by atoms with E-state index >= 15 is 0 Å². The number of halogens is 3. The van der Waals surface area contributed by atoms with E-state index < -0.39 is 11.7 Å². The van der Waals surface area contributed by atoms with Crippen LogP contribution < -0.4 is 15.0 Å². The highest BCUT2D eigenvalue weighted by Gasteiger charge is 2.36. The van der Waals surface area contributed by atoms with Crippen LogP contribution in [0.4, 0.5) is 36.3 Å². The number of hydrogen-bond acceptors (Lipinski definition) is 5. The van der Waals surface area contributed by atoms with Crippen LogP contribution >= 0.6 is 0 Å². The first-order valence-electron chi connectivity index (χ1n) is 8.61. The molecule has 0 atom stereocenters. The number of hydrogen-bond donors (Lipinski definition) is 1. The first-order chi connectivity index (χ1) is 13.4. The van der Waals surface area contributed by atoms with Gasteiger partial charge >= 0.3 is 6.18 Å².